The summed E-state index contributed by atoms with van der Waals surface area (Å²) >= 11 is 0. The van der Waals surface area contributed by atoms with Gasteiger partial charge in [0.1, 0.15) is 6.04 Å². The van der Waals surface area contributed by atoms with E-state index < -0.39 is 12.0 Å². The van der Waals surface area contributed by atoms with Crippen LogP contribution in [0.3, 0.4) is 0 Å². The van der Waals surface area contributed by atoms with Gasteiger partial charge in [-0.1, -0.05) is 0 Å². The Bertz CT molecular complexity index is 490. The Kier molecular flexibility index (Phi) is 3.11. The molecule has 1 aliphatic carbocycles. The van der Waals surface area contributed by atoms with E-state index in [1.165, 1.54) is 11.8 Å². The van der Waals surface area contributed by atoms with Crippen molar-refractivity contribution in [3.8, 4) is 0 Å². The molecule has 0 aliphatic heterocycles. The van der Waals surface area contributed by atoms with Gasteiger partial charge in [0.25, 0.3) is 5.91 Å². The average molecular weight is 252 g/mol. The Morgan fingerprint density at radius 2 is 2.06 bits per heavy atom. The third kappa shape index (κ3) is 2.23. The Hall–Kier alpha value is -1.85. The Morgan fingerprint density at radius 1 is 1.44 bits per heavy atom. The van der Waals surface area contributed by atoms with E-state index in [1.54, 1.807) is 13.8 Å². The molecular weight excluding hydrogens is 236 g/mol. The maximum Gasteiger partial charge on any atom is 0.326 e. The predicted molar refractivity (Wildman–Crippen MR) is 62.3 cm³/mol. The monoisotopic (exact) mass is 252 g/mol. The quantitative estimate of drug-likeness (QED) is 0.874. The first-order valence-corrected chi connectivity index (χ1v) is 5.91. The minimum absolute atomic E-state index is 0.00778. The molecule has 0 saturated heterocycles. The number of aliphatic carboxylic acids is 1. The molecule has 1 aliphatic rings. The molecule has 98 valence electrons. The third-order valence-electron chi connectivity index (χ3n) is 3.05. The van der Waals surface area contributed by atoms with E-state index in [1.807, 2.05) is 0 Å². The normalized spacial score (nSPS) is 16.4. The van der Waals surface area contributed by atoms with Gasteiger partial charge in [0, 0.05) is 13.0 Å². The van der Waals surface area contributed by atoms with Crippen LogP contribution in [0.4, 0.5) is 0 Å². The lowest BCUT2D eigenvalue weighted by molar-refractivity contribution is -0.141. The maximum absolute atomic E-state index is 12.3. The number of carbonyl (C=O) groups is 2. The number of aromatic nitrogens is 1. The number of amides is 1. The second-order valence-corrected chi connectivity index (χ2v) is 4.61. The van der Waals surface area contributed by atoms with Gasteiger partial charge in [-0.05, 0) is 26.7 Å². The standard InChI is InChI=1S/C12H16N2O4/c1-6-10(18-8(3)13-6)11(15)14(9-4-5-9)7(2)12(16)17/h7,9H,4-5H2,1-3H3,(H,16,17). The van der Waals surface area contributed by atoms with Crippen molar-refractivity contribution in [1.29, 1.82) is 0 Å². The number of carbonyl (C=O) groups excluding carboxylic acids is 1. The summed E-state index contributed by atoms with van der Waals surface area (Å²) in [6, 6.07) is -0.844. The van der Waals surface area contributed by atoms with Crippen molar-refractivity contribution < 1.29 is 19.1 Å². The highest BCUT2D eigenvalue weighted by Gasteiger charge is 2.40. The first kappa shape index (κ1) is 12.6. The SMILES string of the molecule is Cc1nc(C)c(C(=O)N(C2CC2)C(C)C(=O)O)o1. The smallest absolute Gasteiger partial charge is 0.326 e. The van der Waals surface area contributed by atoms with Crippen molar-refractivity contribution in [3.63, 3.8) is 0 Å². The van der Waals surface area contributed by atoms with Crippen molar-refractivity contribution >= 4 is 11.9 Å². The van der Waals surface area contributed by atoms with E-state index in [2.05, 4.69) is 4.98 Å². The molecule has 1 unspecified atom stereocenters. The minimum Gasteiger partial charge on any atom is -0.480 e. The molecule has 1 heterocycles. The van der Waals surface area contributed by atoms with Crippen LogP contribution in [0.25, 0.3) is 0 Å². The molecule has 2 rings (SSSR count). The molecule has 6 nitrogen and oxygen atoms in total. The lowest BCUT2D eigenvalue weighted by Crippen LogP contribution is -2.44. The van der Waals surface area contributed by atoms with Gasteiger partial charge in [-0.25, -0.2) is 9.78 Å². The molecule has 1 aromatic rings. The first-order chi connectivity index (χ1) is 8.41. The fraction of sp³-hybridized carbons (Fsp3) is 0.583. The summed E-state index contributed by atoms with van der Waals surface area (Å²) in [6.45, 7) is 4.85. The van der Waals surface area contributed by atoms with Gasteiger partial charge in [0.2, 0.25) is 5.76 Å². The zero-order chi connectivity index (χ0) is 13.4. The third-order valence-corrected chi connectivity index (χ3v) is 3.05. The number of carboxylic acids is 1. The van der Waals surface area contributed by atoms with Gasteiger partial charge >= 0.3 is 5.97 Å². The van der Waals surface area contributed by atoms with Crippen molar-refractivity contribution in [2.24, 2.45) is 0 Å². The van der Waals surface area contributed by atoms with E-state index in [0.29, 0.717) is 11.6 Å². The zero-order valence-corrected chi connectivity index (χ0v) is 10.6. The van der Waals surface area contributed by atoms with Crippen LogP contribution in [-0.2, 0) is 4.79 Å². The Balaban J connectivity index is 2.29. The van der Waals surface area contributed by atoms with E-state index in [-0.39, 0.29) is 17.7 Å². The molecule has 1 aromatic heterocycles. The molecule has 6 heteroatoms. The molecule has 1 fully saturated rings. The maximum atomic E-state index is 12.3. The van der Waals surface area contributed by atoms with E-state index in [0.717, 1.165) is 12.8 Å². The molecule has 0 aromatic carbocycles. The van der Waals surface area contributed by atoms with Gasteiger partial charge in [-0.2, -0.15) is 0 Å². The van der Waals surface area contributed by atoms with Crippen LogP contribution >= 0.6 is 0 Å². The highest BCUT2D eigenvalue weighted by atomic mass is 16.4. The van der Waals surface area contributed by atoms with E-state index >= 15 is 0 Å². The van der Waals surface area contributed by atoms with Crippen LogP contribution in [0.5, 0.6) is 0 Å². The highest BCUT2D eigenvalue weighted by Crippen LogP contribution is 2.30. The van der Waals surface area contributed by atoms with Crippen LogP contribution in [0.15, 0.2) is 4.42 Å². The summed E-state index contributed by atoms with van der Waals surface area (Å²) in [5.74, 6) is -0.836. The molecule has 1 N–H and O–H groups in total. The van der Waals surface area contributed by atoms with Crippen molar-refractivity contribution in [2.45, 2.75) is 45.7 Å². The number of carboxylic acid groups (broad SMARTS) is 1. The number of nitrogens with zero attached hydrogens (tertiary/aromatic N) is 2. The van der Waals surface area contributed by atoms with Gasteiger partial charge in [0.05, 0.1) is 5.69 Å². The Morgan fingerprint density at radius 3 is 2.44 bits per heavy atom. The van der Waals surface area contributed by atoms with Crippen LogP contribution in [0, 0.1) is 13.8 Å². The number of hydrogen-bond acceptors (Lipinski definition) is 4. The Labute approximate surface area is 105 Å². The number of rotatable bonds is 4. The molecule has 0 radical (unpaired) electrons. The molecular formula is C12H16N2O4. The molecule has 1 atom stereocenters. The second kappa shape index (κ2) is 4.44. The van der Waals surface area contributed by atoms with E-state index in [9.17, 15) is 9.59 Å². The second-order valence-electron chi connectivity index (χ2n) is 4.61. The average Bonchev–Trinajstić information content (AvgIpc) is 3.04. The number of aryl methyl sites for hydroxylation is 2. The summed E-state index contributed by atoms with van der Waals surface area (Å²) in [6.07, 6.45) is 1.69. The lowest BCUT2D eigenvalue weighted by Gasteiger charge is -2.25. The molecule has 0 bridgehead atoms. The van der Waals surface area contributed by atoms with Gasteiger partial charge in [-0.15, -0.1) is 0 Å². The molecule has 1 amide bonds. The van der Waals surface area contributed by atoms with E-state index in [4.69, 9.17) is 9.52 Å². The van der Waals surface area contributed by atoms with Crippen LogP contribution in [0.2, 0.25) is 0 Å². The van der Waals surface area contributed by atoms with Crippen LogP contribution in [-0.4, -0.2) is 39.0 Å². The molecule has 1 saturated carbocycles. The molecule has 0 spiro atoms. The predicted octanol–water partition coefficient (Wildman–Crippen LogP) is 1.37. The fourth-order valence-corrected chi connectivity index (χ4v) is 1.98. The van der Waals surface area contributed by atoms with Crippen molar-refractivity contribution in [3.05, 3.63) is 17.3 Å². The van der Waals surface area contributed by atoms with Crippen molar-refractivity contribution in [1.82, 2.24) is 9.88 Å². The largest absolute Gasteiger partial charge is 0.480 e. The minimum atomic E-state index is -1.01. The first-order valence-electron chi connectivity index (χ1n) is 5.91. The van der Waals surface area contributed by atoms with Gasteiger partial charge < -0.3 is 14.4 Å². The summed E-state index contributed by atoms with van der Waals surface area (Å²) in [7, 11) is 0. The summed E-state index contributed by atoms with van der Waals surface area (Å²) in [5.41, 5.74) is 0.501. The number of oxazole rings is 1. The lowest BCUT2D eigenvalue weighted by atomic mass is 10.2. The zero-order valence-electron chi connectivity index (χ0n) is 10.6. The van der Waals surface area contributed by atoms with Gasteiger partial charge in [0.15, 0.2) is 5.89 Å². The molecule has 18 heavy (non-hydrogen) atoms. The van der Waals surface area contributed by atoms with Gasteiger partial charge in [-0.3, -0.25) is 4.79 Å². The van der Waals surface area contributed by atoms with Crippen molar-refractivity contribution in [2.75, 3.05) is 0 Å². The number of hydrogen-bond donors (Lipinski definition) is 1. The van der Waals surface area contributed by atoms with Crippen LogP contribution in [0.1, 0.15) is 41.9 Å². The summed E-state index contributed by atoms with van der Waals surface area (Å²) in [4.78, 5) is 28.8. The summed E-state index contributed by atoms with van der Waals surface area (Å²) < 4.78 is 5.27. The fourth-order valence-electron chi connectivity index (χ4n) is 1.98. The highest BCUT2D eigenvalue weighted by molar-refractivity contribution is 5.95. The topological polar surface area (TPSA) is 83.6 Å². The van der Waals surface area contributed by atoms with Crippen LogP contribution < -0.4 is 0 Å². The summed E-state index contributed by atoms with van der Waals surface area (Å²) in [5, 5.41) is 9.06.